The Morgan fingerprint density at radius 3 is 2.52 bits per heavy atom. The molecular formula is C14H11F3N2O4. The molecule has 9 heteroatoms. The number of esters is 1. The summed E-state index contributed by atoms with van der Waals surface area (Å²) in [6, 6.07) is 5.74. The summed E-state index contributed by atoms with van der Waals surface area (Å²) in [6.07, 6.45) is -3.47. The van der Waals surface area contributed by atoms with Crippen LogP contribution < -0.4 is 11.2 Å². The van der Waals surface area contributed by atoms with Crippen molar-refractivity contribution in [3.8, 4) is 0 Å². The van der Waals surface area contributed by atoms with E-state index in [0.717, 1.165) is 22.9 Å². The summed E-state index contributed by atoms with van der Waals surface area (Å²) in [5, 5.41) is 0. The van der Waals surface area contributed by atoms with Gasteiger partial charge in [0.25, 0.3) is 5.56 Å². The second-order valence-corrected chi connectivity index (χ2v) is 4.55. The summed E-state index contributed by atoms with van der Waals surface area (Å²) < 4.78 is 44.0. The van der Waals surface area contributed by atoms with Crippen molar-refractivity contribution in [1.82, 2.24) is 9.55 Å². The molecule has 0 radical (unpaired) electrons. The van der Waals surface area contributed by atoms with Crippen molar-refractivity contribution in [2.75, 3.05) is 0 Å². The van der Waals surface area contributed by atoms with Crippen LogP contribution in [0.2, 0.25) is 0 Å². The van der Waals surface area contributed by atoms with E-state index in [1.165, 1.54) is 18.2 Å². The third-order valence-corrected chi connectivity index (χ3v) is 2.91. The van der Waals surface area contributed by atoms with Gasteiger partial charge in [-0.15, -0.1) is 0 Å². The number of aromatic amines is 1. The molecule has 1 aromatic carbocycles. The number of rotatable bonds is 4. The summed E-state index contributed by atoms with van der Waals surface area (Å²) >= 11 is 0. The topological polar surface area (TPSA) is 81.2 Å². The van der Waals surface area contributed by atoms with Gasteiger partial charge in [-0.1, -0.05) is 18.2 Å². The van der Waals surface area contributed by atoms with E-state index in [1.54, 1.807) is 0 Å². The number of aromatic nitrogens is 2. The summed E-state index contributed by atoms with van der Waals surface area (Å²) in [6.45, 7) is -1.10. The first-order valence-corrected chi connectivity index (χ1v) is 6.38. The number of carbonyl (C=O) groups excluding carboxylic acids is 1. The standard InChI is InChI=1S/C14H11F3N2O4/c15-14(16,17)10-4-2-1-3-9(10)8-23-12(21)7-19-6-5-11(20)18-13(19)22/h1-6H,7-8H2,(H,18,20,22). The molecule has 0 aliphatic heterocycles. The lowest BCUT2D eigenvalue weighted by atomic mass is 10.1. The van der Waals surface area contributed by atoms with Gasteiger partial charge in [0, 0.05) is 17.8 Å². The lowest BCUT2D eigenvalue weighted by Gasteiger charge is -2.13. The third-order valence-electron chi connectivity index (χ3n) is 2.91. The van der Waals surface area contributed by atoms with Gasteiger partial charge in [0.15, 0.2) is 0 Å². The molecule has 122 valence electrons. The van der Waals surface area contributed by atoms with Gasteiger partial charge < -0.3 is 4.74 Å². The Hall–Kier alpha value is -2.84. The lowest BCUT2D eigenvalue weighted by Crippen LogP contribution is -2.31. The monoisotopic (exact) mass is 328 g/mol. The molecular weight excluding hydrogens is 317 g/mol. The number of ether oxygens (including phenoxy) is 1. The van der Waals surface area contributed by atoms with Crippen LogP contribution in [-0.4, -0.2) is 15.5 Å². The fraction of sp³-hybridized carbons (Fsp3) is 0.214. The third kappa shape index (κ3) is 4.31. The summed E-state index contributed by atoms with van der Waals surface area (Å²) in [7, 11) is 0. The summed E-state index contributed by atoms with van der Waals surface area (Å²) in [5.41, 5.74) is -2.53. The zero-order valence-corrected chi connectivity index (χ0v) is 11.6. The Kier molecular flexibility index (Phi) is 4.68. The van der Waals surface area contributed by atoms with Crippen molar-refractivity contribution in [1.29, 1.82) is 0 Å². The summed E-state index contributed by atoms with van der Waals surface area (Å²) in [4.78, 5) is 35.8. The van der Waals surface area contributed by atoms with E-state index >= 15 is 0 Å². The predicted octanol–water partition coefficient (Wildman–Crippen LogP) is 1.30. The molecule has 0 fully saturated rings. The average Bonchev–Trinajstić information content (AvgIpc) is 2.47. The van der Waals surface area contributed by atoms with Crippen LogP contribution in [0, 0.1) is 0 Å². The zero-order valence-electron chi connectivity index (χ0n) is 11.6. The van der Waals surface area contributed by atoms with Crippen molar-refractivity contribution in [3.63, 3.8) is 0 Å². The SMILES string of the molecule is O=C(Cn1ccc(=O)[nH]c1=O)OCc1ccccc1C(F)(F)F. The van der Waals surface area contributed by atoms with Crippen molar-refractivity contribution in [3.05, 3.63) is 68.5 Å². The predicted molar refractivity (Wildman–Crippen MR) is 72.6 cm³/mol. The highest BCUT2D eigenvalue weighted by molar-refractivity contribution is 5.69. The van der Waals surface area contributed by atoms with Gasteiger partial charge in [-0.25, -0.2) is 4.79 Å². The largest absolute Gasteiger partial charge is 0.459 e. The zero-order chi connectivity index (χ0) is 17.0. The molecule has 0 aliphatic carbocycles. The molecule has 1 heterocycles. The van der Waals surface area contributed by atoms with Crippen LogP contribution in [0.15, 0.2) is 46.1 Å². The maximum Gasteiger partial charge on any atom is 0.416 e. The number of hydrogen-bond acceptors (Lipinski definition) is 4. The fourth-order valence-electron chi connectivity index (χ4n) is 1.83. The van der Waals surface area contributed by atoms with E-state index < -0.39 is 42.1 Å². The Labute approximate surface area is 127 Å². The molecule has 0 spiro atoms. The second kappa shape index (κ2) is 6.51. The number of carbonyl (C=O) groups is 1. The smallest absolute Gasteiger partial charge is 0.416 e. The van der Waals surface area contributed by atoms with Gasteiger partial charge in [-0.2, -0.15) is 13.2 Å². The highest BCUT2D eigenvalue weighted by Crippen LogP contribution is 2.32. The van der Waals surface area contributed by atoms with E-state index in [0.29, 0.717) is 0 Å². The van der Waals surface area contributed by atoms with Crippen molar-refractivity contribution in [2.45, 2.75) is 19.3 Å². The van der Waals surface area contributed by atoms with Gasteiger partial charge in [0.2, 0.25) is 0 Å². The second-order valence-electron chi connectivity index (χ2n) is 4.55. The van der Waals surface area contributed by atoms with Crippen LogP contribution in [0.5, 0.6) is 0 Å². The van der Waals surface area contributed by atoms with Crippen LogP contribution in [0.1, 0.15) is 11.1 Å². The Bertz CT molecular complexity index is 824. The highest BCUT2D eigenvalue weighted by atomic mass is 19.4. The number of hydrogen-bond donors (Lipinski definition) is 1. The van der Waals surface area contributed by atoms with E-state index in [-0.39, 0.29) is 5.56 Å². The van der Waals surface area contributed by atoms with Crippen molar-refractivity contribution in [2.24, 2.45) is 0 Å². The van der Waals surface area contributed by atoms with Gasteiger partial charge >= 0.3 is 17.8 Å². The van der Waals surface area contributed by atoms with Gasteiger partial charge in [0.05, 0.1) is 5.56 Å². The molecule has 2 rings (SSSR count). The van der Waals surface area contributed by atoms with Crippen LogP contribution in [0.3, 0.4) is 0 Å². The number of alkyl halides is 3. The number of H-pyrrole nitrogens is 1. The first-order chi connectivity index (χ1) is 10.8. The minimum Gasteiger partial charge on any atom is -0.459 e. The maximum atomic E-state index is 12.8. The number of halogens is 3. The van der Waals surface area contributed by atoms with Gasteiger partial charge in [0.1, 0.15) is 13.2 Å². The molecule has 0 unspecified atom stereocenters. The first kappa shape index (κ1) is 16.5. The minimum absolute atomic E-state index is 0.192. The highest BCUT2D eigenvalue weighted by Gasteiger charge is 2.33. The molecule has 0 bridgehead atoms. The van der Waals surface area contributed by atoms with Gasteiger partial charge in [-0.3, -0.25) is 19.1 Å². The minimum atomic E-state index is -4.56. The molecule has 0 amide bonds. The van der Waals surface area contributed by atoms with Crippen molar-refractivity contribution >= 4 is 5.97 Å². The first-order valence-electron chi connectivity index (χ1n) is 6.38. The van der Waals surface area contributed by atoms with Crippen LogP contribution in [-0.2, 0) is 28.9 Å². The van der Waals surface area contributed by atoms with E-state index in [4.69, 9.17) is 4.74 Å². The maximum absolute atomic E-state index is 12.8. The number of nitrogens with zero attached hydrogens (tertiary/aromatic N) is 1. The van der Waals surface area contributed by atoms with Crippen LogP contribution >= 0.6 is 0 Å². The fourth-order valence-corrected chi connectivity index (χ4v) is 1.83. The Balaban J connectivity index is 2.06. The lowest BCUT2D eigenvalue weighted by molar-refractivity contribution is -0.148. The van der Waals surface area contributed by atoms with Crippen LogP contribution in [0.25, 0.3) is 0 Å². The molecule has 0 aliphatic rings. The Morgan fingerprint density at radius 1 is 1.17 bits per heavy atom. The molecule has 0 saturated carbocycles. The molecule has 0 atom stereocenters. The number of nitrogens with one attached hydrogen (secondary N) is 1. The Morgan fingerprint density at radius 2 is 1.87 bits per heavy atom. The molecule has 6 nitrogen and oxygen atoms in total. The molecule has 23 heavy (non-hydrogen) atoms. The van der Waals surface area contributed by atoms with E-state index in [1.807, 2.05) is 4.98 Å². The molecule has 0 saturated heterocycles. The summed E-state index contributed by atoms with van der Waals surface area (Å²) in [5.74, 6) is -0.906. The van der Waals surface area contributed by atoms with E-state index in [9.17, 15) is 27.6 Å². The van der Waals surface area contributed by atoms with Crippen molar-refractivity contribution < 1.29 is 22.7 Å². The molecule has 2 aromatic rings. The number of benzene rings is 1. The average molecular weight is 328 g/mol. The van der Waals surface area contributed by atoms with Gasteiger partial charge in [-0.05, 0) is 6.07 Å². The van der Waals surface area contributed by atoms with E-state index in [2.05, 4.69) is 0 Å². The molecule has 1 aromatic heterocycles. The quantitative estimate of drug-likeness (QED) is 0.858. The van der Waals surface area contributed by atoms with Crippen LogP contribution in [0.4, 0.5) is 13.2 Å². The normalized spacial score (nSPS) is 11.3. The molecule has 1 N–H and O–H groups in total.